The first-order chi connectivity index (χ1) is 13.9. The van der Waals surface area contributed by atoms with E-state index in [2.05, 4.69) is 0 Å². The maximum Gasteiger partial charge on any atom is 0.338 e. The van der Waals surface area contributed by atoms with Crippen molar-refractivity contribution in [1.29, 1.82) is 0 Å². The number of methoxy groups -OCH3 is 2. The normalized spacial score (nSPS) is 17.1. The van der Waals surface area contributed by atoms with Crippen LogP contribution >= 0.6 is 0 Å². The van der Waals surface area contributed by atoms with Gasteiger partial charge in [0, 0.05) is 12.1 Å². The number of sulfonamides is 1. The fourth-order valence-corrected chi connectivity index (χ4v) is 5.23. The summed E-state index contributed by atoms with van der Waals surface area (Å²) in [6, 6.07) is 10.9. The Morgan fingerprint density at radius 2 is 1.83 bits per heavy atom. The molecule has 2 aromatic rings. The summed E-state index contributed by atoms with van der Waals surface area (Å²) in [5, 5.41) is 0. The van der Waals surface area contributed by atoms with E-state index in [0.717, 1.165) is 12.0 Å². The smallest absolute Gasteiger partial charge is 0.338 e. The largest absolute Gasteiger partial charge is 0.497 e. The molecule has 0 aliphatic carbocycles. The molecule has 1 fully saturated rings. The van der Waals surface area contributed by atoms with Gasteiger partial charge in [-0.25, -0.2) is 13.2 Å². The van der Waals surface area contributed by atoms with E-state index in [4.69, 9.17) is 14.2 Å². The fourth-order valence-electron chi connectivity index (χ4n) is 3.55. The standard InChI is InChI=1S/C21H25NO6S/c1-4-28-21(23)15-7-10-17(11-8-15)29(24,25)22-13-5-6-19(22)18-14-16(26-2)9-12-20(18)27-3/h7-12,14,19H,4-6,13H2,1-3H3. The number of hydrogen-bond acceptors (Lipinski definition) is 6. The first-order valence-corrected chi connectivity index (χ1v) is 10.9. The number of ether oxygens (including phenoxy) is 3. The van der Waals surface area contributed by atoms with Gasteiger partial charge in [0.25, 0.3) is 0 Å². The summed E-state index contributed by atoms with van der Waals surface area (Å²) in [7, 11) is -0.618. The van der Waals surface area contributed by atoms with Crippen LogP contribution in [-0.4, -0.2) is 46.1 Å². The van der Waals surface area contributed by atoms with Crippen LogP contribution in [0.2, 0.25) is 0 Å². The summed E-state index contributed by atoms with van der Waals surface area (Å²) < 4.78 is 43.8. The molecule has 0 spiro atoms. The molecule has 29 heavy (non-hydrogen) atoms. The SMILES string of the molecule is CCOC(=O)c1ccc(S(=O)(=O)N2CCCC2c2cc(OC)ccc2OC)cc1. The van der Waals surface area contributed by atoms with E-state index in [0.29, 0.717) is 30.0 Å². The molecule has 3 rings (SSSR count). The molecular formula is C21H25NO6S. The van der Waals surface area contributed by atoms with Crippen LogP contribution in [0.3, 0.4) is 0 Å². The monoisotopic (exact) mass is 419 g/mol. The maximum absolute atomic E-state index is 13.3. The van der Waals surface area contributed by atoms with Gasteiger partial charge < -0.3 is 14.2 Å². The van der Waals surface area contributed by atoms with Gasteiger partial charge in [-0.2, -0.15) is 4.31 Å². The zero-order valence-corrected chi connectivity index (χ0v) is 17.6. The number of benzene rings is 2. The summed E-state index contributed by atoms with van der Waals surface area (Å²) in [6.07, 6.45) is 1.43. The quantitative estimate of drug-likeness (QED) is 0.640. The van der Waals surface area contributed by atoms with Gasteiger partial charge >= 0.3 is 5.97 Å². The Morgan fingerprint density at radius 3 is 2.45 bits per heavy atom. The number of nitrogens with zero attached hydrogens (tertiary/aromatic N) is 1. The average Bonchev–Trinajstić information content (AvgIpc) is 3.24. The number of esters is 1. The first kappa shape index (κ1) is 21.1. The topological polar surface area (TPSA) is 82.1 Å². The van der Waals surface area contributed by atoms with Crippen LogP contribution in [0, 0.1) is 0 Å². The van der Waals surface area contributed by atoms with Crippen molar-refractivity contribution in [2.24, 2.45) is 0 Å². The molecule has 1 aliphatic heterocycles. The van der Waals surface area contributed by atoms with Crippen molar-refractivity contribution in [3.8, 4) is 11.5 Å². The third-order valence-corrected chi connectivity index (χ3v) is 6.89. The molecule has 1 aliphatic rings. The molecule has 0 aromatic heterocycles. The zero-order valence-electron chi connectivity index (χ0n) is 16.8. The van der Waals surface area contributed by atoms with Gasteiger partial charge in [-0.15, -0.1) is 0 Å². The lowest BCUT2D eigenvalue weighted by molar-refractivity contribution is 0.0526. The van der Waals surface area contributed by atoms with Crippen LogP contribution in [0.5, 0.6) is 11.5 Å². The minimum atomic E-state index is -3.75. The lowest BCUT2D eigenvalue weighted by atomic mass is 10.0. The average molecular weight is 419 g/mol. The van der Waals surface area contributed by atoms with Crippen molar-refractivity contribution in [2.45, 2.75) is 30.7 Å². The van der Waals surface area contributed by atoms with Crippen LogP contribution in [0.25, 0.3) is 0 Å². The number of rotatable bonds is 7. The lowest BCUT2D eigenvalue weighted by Crippen LogP contribution is -2.31. The Morgan fingerprint density at radius 1 is 1.10 bits per heavy atom. The highest BCUT2D eigenvalue weighted by Gasteiger charge is 2.37. The summed E-state index contributed by atoms with van der Waals surface area (Å²) in [5.74, 6) is 0.788. The second-order valence-corrected chi connectivity index (χ2v) is 8.52. The van der Waals surface area contributed by atoms with E-state index in [-0.39, 0.29) is 17.5 Å². The summed E-state index contributed by atoms with van der Waals surface area (Å²) in [4.78, 5) is 12.0. The van der Waals surface area contributed by atoms with E-state index in [1.165, 1.54) is 28.6 Å². The molecule has 0 saturated carbocycles. The molecule has 1 heterocycles. The van der Waals surface area contributed by atoms with Gasteiger partial charge in [-0.05, 0) is 62.2 Å². The van der Waals surface area contributed by atoms with Crippen molar-refractivity contribution >= 4 is 16.0 Å². The van der Waals surface area contributed by atoms with Crippen molar-refractivity contribution in [3.05, 3.63) is 53.6 Å². The van der Waals surface area contributed by atoms with Gasteiger partial charge in [0.15, 0.2) is 0 Å². The van der Waals surface area contributed by atoms with Crippen LogP contribution in [0.15, 0.2) is 47.4 Å². The second kappa shape index (κ2) is 8.84. The number of carbonyl (C=O) groups is 1. The highest BCUT2D eigenvalue weighted by atomic mass is 32.2. The molecule has 0 bridgehead atoms. The van der Waals surface area contributed by atoms with Gasteiger partial charge in [0.1, 0.15) is 11.5 Å². The van der Waals surface area contributed by atoms with Crippen molar-refractivity contribution in [2.75, 3.05) is 27.4 Å². The highest BCUT2D eigenvalue weighted by Crippen LogP contribution is 2.41. The lowest BCUT2D eigenvalue weighted by Gasteiger charge is -2.26. The fraction of sp³-hybridized carbons (Fsp3) is 0.381. The molecule has 2 aromatic carbocycles. The third-order valence-electron chi connectivity index (χ3n) is 4.97. The Kier molecular flexibility index (Phi) is 6.44. The molecule has 0 amide bonds. The van der Waals surface area contributed by atoms with Crippen LogP contribution in [-0.2, 0) is 14.8 Å². The summed E-state index contributed by atoms with van der Waals surface area (Å²) in [6.45, 7) is 2.39. The van der Waals surface area contributed by atoms with E-state index in [1.807, 2.05) is 6.07 Å². The molecule has 1 atom stereocenters. The molecule has 0 N–H and O–H groups in total. The summed E-state index contributed by atoms with van der Waals surface area (Å²) in [5.41, 5.74) is 1.09. The number of carbonyl (C=O) groups excluding carboxylic acids is 1. The van der Waals surface area contributed by atoms with Crippen molar-refractivity contribution in [1.82, 2.24) is 4.31 Å². The Labute approximate surface area is 171 Å². The second-order valence-electron chi connectivity index (χ2n) is 6.63. The predicted molar refractivity (Wildman–Crippen MR) is 108 cm³/mol. The minimum absolute atomic E-state index is 0.138. The van der Waals surface area contributed by atoms with E-state index in [9.17, 15) is 13.2 Å². The Hall–Kier alpha value is -2.58. The van der Waals surface area contributed by atoms with Gasteiger partial charge in [-0.1, -0.05) is 0 Å². The van der Waals surface area contributed by atoms with Crippen molar-refractivity contribution in [3.63, 3.8) is 0 Å². The Bertz CT molecular complexity index is 971. The zero-order chi connectivity index (χ0) is 21.0. The molecule has 7 nitrogen and oxygen atoms in total. The van der Waals surface area contributed by atoms with Gasteiger partial charge in [0.05, 0.1) is 37.3 Å². The molecule has 8 heteroatoms. The van der Waals surface area contributed by atoms with Crippen LogP contribution in [0.4, 0.5) is 0 Å². The molecule has 0 radical (unpaired) electrons. The van der Waals surface area contributed by atoms with Crippen LogP contribution in [0.1, 0.15) is 41.7 Å². The van der Waals surface area contributed by atoms with E-state index >= 15 is 0 Å². The van der Waals surface area contributed by atoms with Gasteiger partial charge in [-0.3, -0.25) is 0 Å². The van der Waals surface area contributed by atoms with Crippen LogP contribution < -0.4 is 9.47 Å². The molecule has 1 saturated heterocycles. The number of hydrogen-bond donors (Lipinski definition) is 0. The van der Waals surface area contributed by atoms with E-state index in [1.54, 1.807) is 33.3 Å². The summed E-state index contributed by atoms with van der Waals surface area (Å²) >= 11 is 0. The molecule has 156 valence electrons. The molecule has 1 unspecified atom stereocenters. The third kappa shape index (κ3) is 4.23. The predicted octanol–water partition coefficient (Wildman–Crippen LogP) is 3.41. The maximum atomic E-state index is 13.3. The van der Waals surface area contributed by atoms with Crippen molar-refractivity contribution < 1.29 is 27.4 Å². The molecular weight excluding hydrogens is 394 g/mol. The minimum Gasteiger partial charge on any atom is -0.497 e. The Balaban J connectivity index is 1.93. The first-order valence-electron chi connectivity index (χ1n) is 9.43. The van der Waals surface area contributed by atoms with Gasteiger partial charge in [0.2, 0.25) is 10.0 Å². The van der Waals surface area contributed by atoms with E-state index < -0.39 is 16.0 Å². The highest BCUT2D eigenvalue weighted by molar-refractivity contribution is 7.89.